The lowest BCUT2D eigenvalue weighted by Crippen LogP contribution is -2.81. The molecule has 1 N–H and O–H groups in total. The number of carbonyl (C=O) groups is 3. The van der Waals surface area contributed by atoms with E-state index in [1.54, 1.807) is 27.7 Å². The third-order valence-electron chi connectivity index (χ3n) is 4.89. The number of nitrogens with one attached hydrogen (secondary N) is 1. The predicted octanol–water partition coefficient (Wildman–Crippen LogP) is 2.13. The van der Waals surface area contributed by atoms with Crippen molar-refractivity contribution in [3.8, 4) is 0 Å². The van der Waals surface area contributed by atoms with Crippen molar-refractivity contribution < 1.29 is 23.9 Å². The SMILES string of the molecule is C[C@H]1C(=O)NCC2(CN(C(=O)OC(C)(C)C)C2)N1C(=O)OCc1ccccc1. The minimum atomic E-state index is -0.683. The quantitative estimate of drug-likeness (QED) is 0.837. The molecular formula is C20H27N3O5. The molecule has 1 aromatic carbocycles. The molecule has 0 bridgehead atoms. The van der Waals surface area contributed by atoms with Gasteiger partial charge in [-0.3, -0.25) is 9.69 Å². The highest BCUT2D eigenvalue weighted by molar-refractivity contribution is 5.88. The second kappa shape index (κ2) is 7.33. The van der Waals surface area contributed by atoms with Crippen LogP contribution in [0.15, 0.2) is 30.3 Å². The number of likely N-dealkylation sites (tertiary alicyclic amines) is 1. The van der Waals surface area contributed by atoms with Gasteiger partial charge in [0.15, 0.2) is 0 Å². The van der Waals surface area contributed by atoms with Crippen LogP contribution in [0.4, 0.5) is 9.59 Å². The molecule has 1 atom stereocenters. The van der Waals surface area contributed by atoms with Crippen LogP contribution in [-0.4, -0.2) is 64.7 Å². The van der Waals surface area contributed by atoms with Gasteiger partial charge in [-0.25, -0.2) is 9.59 Å². The number of nitrogens with zero attached hydrogens (tertiary/aromatic N) is 2. The highest BCUT2D eigenvalue weighted by atomic mass is 16.6. The summed E-state index contributed by atoms with van der Waals surface area (Å²) in [6.45, 7) is 8.03. The van der Waals surface area contributed by atoms with E-state index in [2.05, 4.69) is 5.32 Å². The van der Waals surface area contributed by atoms with Gasteiger partial charge in [-0.05, 0) is 33.3 Å². The maximum Gasteiger partial charge on any atom is 0.411 e. The van der Waals surface area contributed by atoms with Crippen LogP contribution in [0, 0.1) is 0 Å². The molecule has 3 rings (SSSR count). The molecule has 0 unspecified atom stereocenters. The Labute approximate surface area is 164 Å². The first-order valence-corrected chi connectivity index (χ1v) is 9.37. The van der Waals surface area contributed by atoms with Gasteiger partial charge in [-0.2, -0.15) is 0 Å². The normalized spacial score (nSPS) is 21.0. The summed E-state index contributed by atoms with van der Waals surface area (Å²) in [5, 5.41) is 2.82. The first kappa shape index (κ1) is 20.0. The molecule has 28 heavy (non-hydrogen) atoms. The van der Waals surface area contributed by atoms with E-state index in [0.29, 0.717) is 0 Å². The molecule has 0 aromatic heterocycles. The van der Waals surface area contributed by atoms with Gasteiger partial charge in [0.2, 0.25) is 5.91 Å². The molecule has 2 saturated heterocycles. The third-order valence-corrected chi connectivity index (χ3v) is 4.89. The molecule has 3 amide bonds. The van der Waals surface area contributed by atoms with Crippen molar-refractivity contribution >= 4 is 18.1 Å². The lowest BCUT2D eigenvalue weighted by atomic mass is 9.84. The van der Waals surface area contributed by atoms with Crippen molar-refractivity contribution in [2.75, 3.05) is 19.6 Å². The molecule has 0 aliphatic carbocycles. The van der Waals surface area contributed by atoms with Crippen molar-refractivity contribution in [1.82, 2.24) is 15.1 Å². The first-order chi connectivity index (χ1) is 13.1. The van der Waals surface area contributed by atoms with Gasteiger partial charge in [0.25, 0.3) is 0 Å². The smallest absolute Gasteiger partial charge is 0.411 e. The highest BCUT2D eigenvalue weighted by Crippen LogP contribution is 2.33. The number of rotatable bonds is 2. The first-order valence-electron chi connectivity index (χ1n) is 9.37. The summed E-state index contributed by atoms with van der Waals surface area (Å²) in [4.78, 5) is 40.3. The van der Waals surface area contributed by atoms with E-state index in [9.17, 15) is 14.4 Å². The number of hydrogen-bond donors (Lipinski definition) is 1. The van der Waals surface area contributed by atoms with Gasteiger partial charge >= 0.3 is 12.2 Å². The Morgan fingerprint density at radius 1 is 1.18 bits per heavy atom. The molecule has 8 heteroatoms. The summed E-state index contributed by atoms with van der Waals surface area (Å²) >= 11 is 0. The zero-order chi connectivity index (χ0) is 20.5. The van der Waals surface area contributed by atoms with Crippen LogP contribution in [-0.2, 0) is 20.9 Å². The maximum atomic E-state index is 12.8. The van der Waals surface area contributed by atoms with E-state index >= 15 is 0 Å². The fourth-order valence-corrected chi connectivity index (χ4v) is 3.54. The van der Waals surface area contributed by atoms with Gasteiger partial charge in [0.1, 0.15) is 18.2 Å². The lowest BCUT2D eigenvalue weighted by molar-refractivity contribution is -0.140. The van der Waals surface area contributed by atoms with Crippen LogP contribution in [0.1, 0.15) is 33.3 Å². The van der Waals surface area contributed by atoms with E-state index in [0.717, 1.165) is 5.56 Å². The second-order valence-corrected chi connectivity index (χ2v) is 8.36. The molecule has 0 radical (unpaired) electrons. The van der Waals surface area contributed by atoms with Crippen LogP contribution in [0.25, 0.3) is 0 Å². The van der Waals surface area contributed by atoms with Crippen molar-refractivity contribution in [3.63, 3.8) is 0 Å². The number of ether oxygens (including phenoxy) is 2. The van der Waals surface area contributed by atoms with E-state index in [1.165, 1.54) is 9.80 Å². The lowest BCUT2D eigenvalue weighted by Gasteiger charge is -2.58. The Morgan fingerprint density at radius 2 is 1.82 bits per heavy atom. The number of hydrogen-bond acceptors (Lipinski definition) is 5. The molecule has 0 saturated carbocycles. The maximum absolute atomic E-state index is 12.8. The molecule has 2 heterocycles. The Morgan fingerprint density at radius 3 is 2.43 bits per heavy atom. The van der Waals surface area contributed by atoms with E-state index in [1.807, 2.05) is 30.3 Å². The van der Waals surface area contributed by atoms with Crippen LogP contribution in [0.2, 0.25) is 0 Å². The summed E-state index contributed by atoms with van der Waals surface area (Å²) in [5.41, 5.74) is -0.414. The van der Waals surface area contributed by atoms with Crippen molar-refractivity contribution in [3.05, 3.63) is 35.9 Å². The molecule has 8 nitrogen and oxygen atoms in total. The van der Waals surface area contributed by atoms with Crippen LogP contribution in [0.3, 0.4) is 0 Å². The molecule has 1 aromatic rings. The zero-order valence-electron chi connectivity index (χ0n) is 16.7. The number of benzene rings is 1. The largest absolute Gasteiger partial charge is 0.445 e. The average Bonchev–Trinajstić information content (AvgIpc) is 2.59. The van der Waals surface area contributed by atoms with Gasteiger partial charge < -0.3 is 19.7 Å². The van der Waals surface area contributed by atoms with Gasteiger partial charge in [0.05, 0.1) is 18.6 Å². The van der Waals surface area contributed by atoms with Crippen LogP contribution >= 0.6 is 0 Å². The minimum absolute atomic E-state index is 0.121. The van der Waals surface area contributed by atoms with Gasteiger partial charge in [0, 0.05) is 6.54 Å². The summed E-state index contributed by atoms with van der Waals surface area (Å²) < 4.78 is 10.9. The highest BCUT2D eigenvalue weighted by Gasteiger charge is 2.57. The second-order valence-electron chi connectivity index (χ2n) is 8.36. The Kier molecular flexibility index (Phi) is 5.23. The number of carbonyl (C=O) groups excluding carboxylic acids is 3. The number of amides is 3. The van der Waals surface area contributed by atoms with Crippen molar-refractivity contribution in [1.29, 1.82) is 0 Å². The minimum Gasteiger partial charge on any atom is -0.445 e. The molecule has 152 valence electrons. The average molecular weight is 389 g/mol. The summed E-state index contributed by atoms with van der Waals surface area (Å²) in [7, 11) is 0. The zero-order valence-corrected chi connectivity index (χ0v) is 16.7. The van der Waals surface area contributed by atoms with E-state index in [-0.39, 0.29) is 32.1 Å². The third kappa shape index (κ3) is 4.05. The Bertz CT molecular complexity index is 753. The fourth-order valence-electron chi connectivity index (χ4n) is 3.54. The monoisotopic (exact) mass is 389 g/mol. The molecule has 2 fully saturated rings. The topological polar surface area (TPSA) is 88.2 Å². The summed E-state index contributed by atoms with van der Waals surface area (Å²) in [6.07, 6.45) is -0.990. The predicted molar refractivity (Wildman–Crippen MR) is 101 cm³/mol. The Hall–Kier alpha value is -2.77. The van der Waals surface area contributed by atoms with Crippen molar-refractivity contribution in [2.24, 2.45) is 0 Å². The van der Waals surface area contributed by atoms with E-state index < -0.39 is 29.4 Å². The molecule has 2 aliphatic rings. The van der Waals surface area contributed by atoms with E-state index in [4.69, 9.17) is 9.47 Å². The molecular weight excluding hydrogens is 362 g/mol. The van der Waals surface area contributed by atoms with Gasteiger partial charge in [-0.1, -0.05) is 30.3 Å². The number of piperazine rings is 1. The molecule has 1 spiro atoms. The van der Waals surface area contributed by atoms with Crippen LogP contribution in [0.5, 0.6) is 0 Å². The molecule has 2 aliphatic heterocycles. The summed E-state index contributed by atoms with van der Waals surface area (Å²) in [6, 6.07) is 8.67. The Balaban J connectivity index is 1.69. The standard InChI is InChI=1S/C20H27N3O5/c1-14-16(24)21-11-20(12-22(13-20)17(25)28-19(2,3)4)23(14)18(26)27-10-15-8-6-5-7-9-15/h5-9,14H,10-13H2,1-4H3,(H,21,24)/t14-/m0/s1. The van der Waals surface area contributed by atoms with Crippen molar-refractivity contribution in [2.45, 2.75) is 51.5 Å². The fraction of sp³-hybridized carbons (Fsp3) is 0.550. The van der Waals surface area contributed by atoms with Gasteiger partial charge in [-0.15, -0.1) is 0 Å². The van der Waals surface area contributed by atoms with Crippen LogP contribution < -0.4 is 5.32 Å². The summed E-state index contributed by atoms with van der Waals surface area (Å²) in [5.74, 6) is -0.238.